The van der Waals surface area contributed by atoms with Gasteiger partial charge in [0.15, 0.2) is 0 Å². The second-order valence-corrected chi connectivity index (χ2v) is 11.0. The number of rotatable bonds is 16. The summed E-state index contributed by atoms with van der Waals surface area (Å²) in [4.78, 5) is 65.2. The molecule has 4 amide bonds. The van der Waals surface area contributed by atoms with Crippen LogP contribution in [0.15, 0.2) is 30.5 Å². The van der Waals surface area contributed by atoms with Gasteiger partial charge >= 0.3 is 5.97 Å². The third kappa shape index (κ3) is 9.99. The predicted molar refractivity (Wildman–Crippen MR) is 151 cm³/mol. The number of hydrogen-bond acceptors (Lipinski definition) is 6. The van der Waals surface area contributed by atoms with Crippen molar-refractivity contribution in [1.29, 1.82) is 0 Å². The normalized spacial score (nSPS) is 14.4. The second-order valence-electron chi connectivity index (χ2n) is 11.0. The maximum atomic E-state index is 13.3. The van der Waals surface area contributed by atoms with Crippen molar-refractivity contribution in [3.05, 3.63) is 36.0 Å². The van der Waals surface area contributed by atoms with Crippen LogP contribution in [0.5, 0.6) is 0 Å². The first-order valence-corrected chi connectivity index (χ1v) is 13.5. The van der Waals surface area contributed by atoms with Crippen molar-refractivity contribution in [1.82, 2.24) is 20.9 Å². The van der Waals surface area contributed by atoms with E-state index in [0.29, 0.717) is 6.42 Å². The number of hydrogen-bond donors (Lipinski definition) is 7. The monoisotopic (exact) mass is 558 g/mol. The molecule has 2 rings (SSSR count). The van der Waals surface area contributed by atoms with Gasteiger partial charge < -0.3 is 37.5 Å². The highest BCUT2D eigenvalue weighted by atomic mass is 16.4. The van der Waals surface area contributed by atoms with Crippen LogP contribution in [0, 0.1) is 11.8 Å². The van der Waals surface area contributed by atoms with Gasteiger partial charge in [-0.2, -0.15) is 0 Å². The molecule has 0 aliphatic rings. The predicted octanol–water partition coefficient (Wildman–Crippen LogP) is 0.934. The second kappa shape index (κ2) is 15.0. The van der Waals surface area contributed by atoms with E-state index in [2.05, 4.69) is 20.9 Å². The molecule has 0 fully saturated rings. The number of carbonyl (C=O) groups is 5. The molecule has 0 radical (unpaired) electrons. The molecule has 9 N–H and O–H groups in total. The van der Waals surface area contributed by atoms with E-state index in [1.165, 1.54) is 0 Å². The fourth-order valence-electron chi connectivity index (χ4n) is 4.40. The summed E-state index contributed by atoms with van der Waals surface area (Å²) >= 11 is 0. The average molecular weight is 559 g/mol. The Morgan fingerprint density at radius 2 is 1.38 bits per heavy atom. The smallest absolute Gasteiger partial charge is 0.326 e. The van der Waals surface area contributed by atoms with Crippen LogP contribution < -0.4 is 27.4 Å². The average Bonchev–Trinajstić information content (AvgIpc) is 3.27. The van der Waals surface area contributed by atoms with Crippen molar-refractivity contribution < 1.29 is 29.1 Å². The van der Waals surface area contributed by atoms with Gasteiger partial charge in [-0.1, -0.05) is 45.9 Å². The molecule has 4 unspecified atom stereocenters. The summed E-state index contributed by atoms with van der Waals surface area (Å²) in [5.74, 6) is -3.79. The van der Waals surface area contributed by atoms with Gasteiger partial charge in [0, 0.05) is 23.5 Å². The zero-order valence-corrected chi connectivity index (χ0v) is 23.5. The molecule has 0 spiro atoms. The van der Waals surface area contributed by atoms with E-state index in [4.69, 9.17) is 11.5 Å². The molecule has 40 heavy (non-hydrogen) atoms. The Kier molecular flexibility index (Phi) is 12.1. The van der Waals surface area contributed by atoms with Crippen molar-refractivity contribution in [2.75, 3.05) is 0 Å². The number of fused-ring (bicyclic) bond motifs is 1. The minimum absolute atomic E-state index is 0.0207. The summed E-state index contributed by atoms with van der Waals surface area (Å²) in [7, 11) is 0. The number of primary amides is 1. The van der Waals surface area contributed by atoms with E-state index in [9.17, 15) is 29.1 Å². The molecule has 0 saturated heterocycles. The van der Waals surface area contributed by atoms with Gasteiger partial charge in [0.25, 0.3) is 0 Å². The Bertz CT molecular complexity index is 1190. The van der Waals surface area contributed by atoms with Crippen LogP contribution in [0.2, 0.25) is 0 Å². The molecule has 220 valence electrons. The first kappa shape index (κ1) is 32.3. The first-order valence-electron chi connectivity index (χ1n) is 13.5. The van der Waals surface area contributed by atoms with Gasteiger partial charge in [0.05, 0.1) is 6.04 Å². The number of carboxylic acids is 1. The van der Waals surface area contributed by atoms with Crippen molar-refractivity contribution in [2.45, 2.75) is 84.0 Å². The number of nitrogens with one attached hydrogen (secondary N) is 4. The van der Waals surface area contributed by atoms with Gasteiger partial charge in [-0.05, 0) is 49.1 Å². The number of carbonyl (C=O) groups excluding carboxylic acids is 4. The quantitative estimate of drug-likeness (QED) is 0.158. The van der Waals surface area contributed by atoms with Crippen LogP contribution in [0.1, 0.15) is 58.9 Å². The van der Waals surface area contributed by atoms with Crippen LogP contribution in [0.4, 0.5) is 0 Å². The minimum atomic E-state index is -1.35. The zero-order valence-electron chi connectivity index (χ0n) is 23.5. The number of nitrogens with two attached hydrogens (primary N) is 2. The lowest BCUT2D eigenvalue weighted by molar-refractivity contribution is -0.142. The van der Waals surface area contributed by atoms with Gasteiger partial charge in [-0.25, -0.2) is 4.79 Å². The fraction of sp³-hybridized carbons (Fsp3) is 0.536. The van der Waals surface area contributed by atoms with Gasteiger partial charge in [0.1, 0.15) is 18.1 Å². The largest absolute Gasteiger partial charge is 0.480 e. The molecule has 0 aliphatic carbocycles. The first-order chi connectivity index (χ1) is 18.8. The topological polar surface area (TPSA) is 209 Å². The lowest BCUT2D eigenvalue weighted by Crippen LogP contribution is -2.57. The molecule has 12 heteroatoms. The molecule has 1 heterocycles. The molecule has 2 aromatic rings. The minimum Gasteiger partial charge on any atom is -0.480 e. The van der Waals surface area contributed by atoms with Gasteiger partial charge in [-0.3, -0.25) is 19.2 Å². The Morgan fingerprint density at radius 3 is 1.90 bits per heavy atom. The number of aromatic amines is 1. The maximum absolute atomic E-state index is 13.3. The highest BCUT2D eigenvalue weighted by Crippen LogP contribution is 2.19. The zero-order chi connectivity index (χ0) is 30.0. The van der Waals surface area contributed by atoms with Crippen LogP contribution in [-0.4, -0.2) is 63.9 Å². The Balaban J connectivity index is 2.12. The number of aliphatic carboxylic acids is 1. The van der Waals surface area contributed by atoms with Gasteiger partial charge in [0.2, 0.25) is 23.6 Å². The number of carboxylic acid groups (broad SMARTS) is 1. The summed E-state index contributed by atoms with van der Waals surface area (Å²) in [6.07, 6.45) is 2.18. The Hall–Kier alpha value is -3.93. The summed E-state index contributed by atoms with van der Waals surface area (Å²) in [5.41, 5.74) is 13.1. The summed E-state index contributed by atoms with van der Waals surface area (Å²) in [6.45, 7) is 7.50. The number of aromatic nitrogens is 1. The Morgan fingerprint density at radius 1 is 0.850 bits per heavy atom. The van der Waals surface area contributed by atoms with Crippen LogP contribution in [0.25, 0.3) is 10.9 Å². The van der Waals surface area contributed by atoms with E-state index in [1.54, 1.807) is 6.20 Å². The lowest BCUT2D eigenvalue weighted by Gasteiger charge is -2.26. The fourth-order valence-corrected chi connectivity index (χ4v) is 4.40. The van der Waals surface area contributed by atoms with E-state index >= 15 is 0 Å². The molecule has 0 saturated carbocycles. The highest BCUT2D eigenvalue weighted by Gasteiger charge is 2.31. The van der Waals surface area contributed by atoms with Crippen LogP contribution >= 0.6 is 0 Å². The SMILES string of the molecule is CC(C)CC(NC(=O)C(N)Cc1c[nH]c2ccccc12)C(=O)NC(CC(C)C)C(=O)NC(CCC(N)=O)C(=O)O. The van der Waals surface area contributed by atoms with Gasteiger partial charge in [-0.15, -0.1) is 0 Å². The molecule has 0 bridgehead atoms. The number of H-pyrrole nitrogens is 1. The summed E-state index contributed by atoms with van der Waals surface area (Å²) in [5, 5.41) is 18.2. The highest BCUT2D eigenvalue weighted by molar-refractivity contribution is 5.94. The summed E-state index contributed by atoms with van der Waals surface area (Å²) in [6, 6.07) is 3.37. The summed E-state index contributed by atoms with van der Waals surface area (Å²) < 4.78 is 0. The van der Waals surface area contributed by atoms with Crippen LogP contribution in [0.3, 0.4) is 0 Å². The molecule has 1 aromatic heterocycles. The molecule has 1 aromatic carbocycles. The number of benzene rings is 1. The van der Waals surface area contributed by atoms with E-state index in [-0.39, 0.29) is 37.5 Å². The number of amides is 4. The Labute approximate surface area is 234 Å². The van der Waals surface area contributed by atoms with Crippen molar-refractivity contribution in [2.24, 2.45) is 23.3 Å². The molecular weight excluding hydrogens is 516 g/mol. The van der Waals surface area contributed by atoms with Crippen molar-refractivity contribution in [3.8, 4) is 0 Å². The maximum Gasteiger partial charge on any atom is 0.326 e. The lowest BCUT2D eigenvalue weighted by atomic mass is 9.99. The van der Waals surface area contributed by atoms with E-state index in [1.807, 2.05) is 52.0 Å². The molecular formula is C28H42N6O6. The van der Waals surface area contributed by atoms with E-state index < -0.39 is 53.8 Å². The van der Waals surface area contributed by atoms with E-state index in [0.717, 1.165) is 16.5 Å². The standard InChI is InChI=1S/C28H42N6O6/c1-15(2)11-22(33-25(36)19(29)13-17-14-31-20-8-6-5-7-18(17)20)27(38)34-23(12-16(3)4)26(37)32-21(28(39)40)9-10-24(30)35/h5-8,14-16,19,21-23,31H,9-13,29H2,1-4H3,(H2,30,35)(H,32,37)(H,33,36)(H,34,38)(H,39,40). The third-order valence-corrected chi connectivity index (χ3v) is 6.43. The molecule has 12 nitrogen and oxygen atoms in total. The van der Waals surface area contributed by atoms with Crippen LogP contribution in [-0.2, 0) is 30.4 Å². The molecule has 4 atom stereocenters. The number of para-hydroxylation sites is 1. The molecule has 0 aliphatic heterocycles. The third-order valence-electron chi connectivity index (χ3n) is 6.43. The van der Waals surface area contributed by atoms with Crippen molar-refractivity contribution >= 4 is 40.5 Å². The van der Waals surface area contributed by atoms with Crippen molar-refractivity contribution in [3.63, 3.8) is 0 Å².